The normalized spacial score (nSPS) is 13.6. The molecule has 0 saturated carbocycles. The van der Waals surface area contributed by atoms with Crippen LogP contribution in [0.15, 0.2) is 24.3 Å². The highest BCUT2D eigenvalue weighted by molar-refractivity contribution is 5.96. The Morgan fingerprint density at radius 2 is 1.87 bits per heavy atom. The molecule has 0 fully saturated rings. The van der Waals surface area contributed by atoms with Crippen LogP contribution in [0.4, 0.5) is 0 Å². The summed E-state index contributed by atoms with van der Waals surface area (Å²) in [5, 5.41) is 20.7. The topological polar surface area (TPSA) is 89.9 Å². The van der Waals surface area contributed by atoms with Gasteiger partial charge in [-0.25, -0.2) is 4.79 Å². The second-order valence-electron chi connectivity index (χ2n) is 5.83. The zero-order chi connectivity index (χ0) is 17.4. The minimum Gasteiger partial charge on any atom is -0.480 e. The SMILES string of the molecule is CCC(C)C(NC(=O)c1ccc(CN(C)CCO)cc1)C(=O)O. The molecule has 0 heterocycles. The average Bonchev–Trinajstić information content (AvgIpc) is 2.52. The number of amides is 1. The Kier molecular flexibility index (Phi) is 7.71. The summed E-state index contributed by atoms with van der Waals surface area (Å²) in [6.45, 7) is 5.05. The Morgan fingerprint density at radius 3 is 2.35 bits per heavy atom. The van der Waals surface area contributed by atoms with Crippen molar-refractivity contribution in [2.75, 3.05) is 20.2 Å². The van der Waals surface area contributed by atoms with Gasteiger partial charge in [-0.3, -0.25) is 9.69 Å². The van der Waals surface area contributed by atoms with E-state index in [4.69, 9.17) is 5.11 Å². The van der Waals surface area contributed by atoms with Crippen molar-refractivity contribution in [2.24, 2.45) is 5.92 Å². The summed E-state index contributed by atoms with van der Waals surface area (Å²) in [7, 11) is 1.90. The first-order chi connectivity index (χ1) is 10.9. The van der Waals surface area contributed by atoms with Crippen LogP contribution in [0.3, 0.4) is 0 Å². The highest BCUT2D eigenvalue weighted by Crippen LogP contribution is 2.11. The number of carboxylic acid groups (broad SMARTS) is 1. The Bertz CT molecular complexity index is 516. The maximum Gasteiger partial charge on any atom is 0.326 e. The fourth-order valence-corrected chi connectivity index (χ4v) is 2.23. The van der Waals surface area contributed by atoms with Crippen LogP contribution in [0, 0.1) is 5.92 Å². The van der Waals surface area contributed by atoms with Crippen molar-refractivity contribution in [1.82, 2.24) is 10.2 Å². The Hall–Kier alpha value is -1.92. The van der Waals surface area contributed by atoms with Crippen LogP contribution < -0.4 is 5.32 Å². The number of carbonyl (C=O) groups is 2. The second kappa shape index (κ2) is 9.27. The number of benzene rings is 1. The van der Waals surface area contributed by atoms with E-state index >= 15 is 0 Å². The van der Waals surface area contributed by atoms with Gasteiger partial charge in [-0.1, -0.05) is 32.4 Å². The number of aliphatic carboxylic acids is 1. The van der Waals surface area contributed by atoms with Crippen molar-refractivity contribution in [3.63, 3.8) is 0 Å². The molecule has 0 aliphatic rings. The molecule has 1 rings (SSSR count). The van der Waals surface area contributed by atoms with Crippen molar-refractivity contribution in [1.29, 1.82) is 0 Å². The summed E-state index contributed by atoms with van der Waals surface area (Å²) in [6.07, 6.45) is 0.674. The average molecular weight is 322 g/mol. The predicted molar refractivity (Wildman–Crippen MR) is 88.2 cm³/mol. The molecular formula is C17H26N2O4. The fourth-order valence-electron chi connectivity index (χ4n) is 2.23. The molecule has 2 atom stereocenters. The predicted octanol–water partition coefficient (Wildman–Crippen LogP) is 1.34. The molecule has 2 unspecified atom stereocenters. The molecule has 1 amide bonds. The number of hydrogen-bond donors (Lipinski definition) is 3. The summed E-state index contributed by atoms with van der Waals surface area (Å²) in [4.78, 5) is 25.4. The van der Waals surface area contributed by atoms with E-state index in [1.807, 2.05) is 31.0 Å². The summed E-state index contributed by atoms with van der Waals surface area (Å²) < 4.78 is 0. The Labute approximate surface area is 137 Å². The zero-order valence-electron chi connectivity index (χ0n) is 14.0. The number of aliphatic hydroxyl groups excluding tert-OH is 1. The monoisotopic (exact) mass is 322 g/mol. The smallest absolute Gasteiger partial charge is 0.326 e. The third-order valence-electron chi connectivity index (χ3n) is 3.92. The lowest BCUT2D eigenvalue weighted by Crippen LogP contribution is -2.45. The van der Waals surface area contributed by atoms with Crippen LogP contribution >= 0.6 is 0 Å². The molecule has 128 valence electrons. The minimum absolute atomic E-state index is 0.100. The molecule has 3 N–H and O–H groups in total. The first kappa shape index (κ1) is 19.1. The van der Waals surface area contributed by atoms with E-state index in [1.165, 1.54) is 0 Å². The van der Waals surface area contributed by atoms with E-state index in [2.05, 4.69) is 5.32 Å². The molecule has 6 nitrogen and oxygen atoms in total. The summed E-state index contributed by atoms with van der Waals surface area (Å²) >= 11 is 0. The number of likely N-dealkylation sites (N-methyl/N-ethyl adjacent to an activating group) is 1. The first-order valence-corrected chi connectivity index (χ1v) is 7.81. The van der Waals surface area contributed by atoms with Crippen LogP contribution in [0.1, 0.15) is 36.2 Å². The van der Waals surface area contributed by atoms with Crippen molar-refractivity contribution in [3.05, 3.63) is 35.4 Å². The van der Waals surface area contributed by atoms with Gasteiger partial charge in [0.05, 0.1) is 6.61 Å². The fraction of sp³-hybridized carbons (Fsp3) is 0.529. The number of hydrogen-bond acceptors (Lipinski definition) is 4. The van der Waals surface area contributed by atoms with Gasteiger partial charge >= 0.3 is 5.97 Å². The highest BCUT2D eigenvalue weighted by atomic mass is 16.4. The standard InChI is InChI=1S/C17H26N2O4/c1-4-12(2)15(17(22)23)18-16(21)14-7-5-13(6-8-14)11-19(3)9-10-20/h5-8,12,15,20H,4,9-11H2,1-3H3,(H,18,21)(H,22,23). The van der Waals surface area contributed by atoms with E-state index in [0.29, 0.717) is 25.1 Å². The summed E-state index contributed by atoms with van der Waals surface area (Å²) in [6, 6.07) is 6.16. The van der Waals surface area contributed by atoms with E-state index in [0.717, 1.165) is 5.56 Å². The quantitative estimate of drug-likeness (QED) is 0.638. The highest BCUT2D eigenvalue weighted by Gasteiger charge is 2.25. The van der Waals surface area contributed by atoms with Gasteiger partial charge in [-0.05, 0) is 30.7 Å². The lowest BCUT2D eigenvalue weighted by atomic mass is 9.99. The van der Waals surface area contributed by atoms with Gasteiger partial charge in [0, 0.05) is 18.7 Å². The maximum absolute atomic E-state index is 12.2. The lowest BCUT2D eigenvalue weighted by Gasteiger charge is -2.20. The molecule has 0 bridgehead atoms. The number of carboxylic acids is 1. The summed E-state index contributed by atoms with van der Waals surface area (Å²) in [5.41, 5.74) is 1.46. The number of nitrogens with zero attached hydrogens (tertiary/aromatic N) is 1. The molecule has 6 heteroatoms. The second-order valence-corrected chi connectivity index (χ2v) is 5.83. The molecule has 0 spiro atoms. The molecule has 0 radical (unpaired) electrons. The summed E-state index contributed by atoms with van der Waals surface area (Å²) in [5.74, 6) is -1.54. The Morgan fingerprint density at radius 1 is 1.26 bits per heavy atom. The van der Waals surface area contributed by atoms with Gasteiger partial charge in [0.2, 0.25) is 0 Å². The van der Waals surface area contributed by atoms with Crippen molar-refractivity contribution in [3.8, 4) is 0 Å². The van der Waals surface area contributed by atoms with E-state index in [1.54, 1.807) is 19.1 Å². The molecule has 0 aliphatic carbocycles. The van der Waals surface area contributed by atoms with Gasteiger partial charge in [0.15, 0.2) is 0 Å². The van der Waals surface area contributed by atoms with Crippen LogP contribution in [-0.4, -0.2) is 53.2 Å². The van der Waals surface area contributed by atoms with E-state index in [9.17, 15) is 14.7 Å². The number of carbonyl (C=O) groups excluding carboxylic acids is 1. The first-order valence-electron chi connectivity index (χ1n) is 7.81. The minimum atomic E-state index is -1.02. The largest absolute Gasteiger partial charge is 0.480 e. The molecule has 0 aromatic heterocycles. The van der Waals surface area contributed by atoms with E-state index in [-0.39, 0.29) is 18.4 Å². The van der Waals surface area contributed by atoms with Gasteiger partial charge in [-0.2, -0.15) is 0 Å². The van der Waals surface area contributed by atoms with Crippen molar-refractivity contribution in [2.45, 2.75) is 32.9 Å². The van der Waals surface area contributed by atoms with Gasteiger partial charge in [-0.15, -0.1) is 0 Å². The number of aliphatic hydroxyl groups is 1. The van der Waals surface area contributed by atoms with Crippen LogP contribution in [0.25, 0.3) is 0 Å². The van der Waals surface area contributed by atoms with Crippen LogP contribution in [0.2, 0.25) is 0 Å². The zero-order valence-corrected chi connectivity index (χ0v) is 14.0. The maximum atomic E-state index is 12.2. The van der Waals surface area contributed by atoms with E-state index < -0.39 is 12.0 Å². The van der Waals surface area contributed by atoms with Gasteiger partial charge in [0.1, 0.15) is 6.04 Å². The molecule has 0 aliphatic heterocycles. The molecule has 1 aromatic carbocycles. The molecule has 0 saturated heterocycles. The van der Waals surface area contributed by atoms with Crippen molar-refractivity contribution >= 4 is 11.9 Å². The molecule has 23 heavy (non-hydrogen) atoms. The lowest BCUT2D eigenvalue weighted by molar-refractivity contribution is -0.140. The molecule has 1 aromatic rings. The number of nitrogens with one attached hydrogen (secondary N) is 1. The van der Waals surface area contributed by atoms with Gasteiger partial charge < -0.3 is 15.5 Å². The molecular weight excluding hydrogens is 296 g/mol. The van der Waals surface area contributed by atoms with Gasteiger partial charge in [0.25, 0.3) is 5.91 Å². The van der Waals surface area contributed by atoms with Crippen LogP contribution in [0.5, 0.6) is 0 Å². The number of rotatable bonds is 9. The van der Waals surface area contributed by atoms with Crippen molar-refractivity contribution < 1.29 is 19.8 Å². The third-order valence-corrected chi connectivity index (χ3v) is 3.92. The third kappa shape index (κ3) is 6.00. The Balaban J connectivity index is 2.71. The van der Waals surface area contributed by atoms with Crippen LogP contribution in [-0.2, 0) is 11.3 Å².